The zero-order valence-corrected chi connectivity index (χ0v) is 9.22. The van der Waals surface area contributed by atoms with E-state index >= 15 is 0 Å². The Morgan fingerprint density at radius 2 is 1.85 bits per heavy atom. The third kappa shape index (κ3) is 14.1. The van der Waals surface area contributed by atoms with Crippen molar-refractivity contribution in [1.29, 1.82) is 0 Å². The van der Waals surface area contributed by atoms with Gasteiger partial charge in [0.05, 0.1) is 0 Å². The lowest BCUT2D eigenvalue weighted by Gasteiger charge is -1.92. The summed E-state index contributed by atoms with van der Waals surface area (Å²) in [6.07, 6.45) is 10.1. The molecule has 0 atom stereocenters. The summed E-state index contributed by atoms with van der Waals surface area (Å²) in [5.74, 6) is 0. The van der Waals surface area contributed by atoms with E-state index in [1.165, 1.54) is 6.42 Å². The Labute approximate surface area is 83.0 Å². The molecule has 13 heavy (non-hydrogen) atoms. The van der Waals surface area contributed by atoms with Crippen molar-refractivity contribution in [2.45, 2.75) is 33.6 Å². The molecular formula is C12H23N. The Morgan fingerprint density at radius 1 is 1.31 bits per heavy atom. The molecule has 0 spiro atoms. The van der Waals surface area contributed by atoms with Gasteiger partial charge in [-0.2, -0.15) is 0 Å². The molecule has 0 saturated carbocycles. The smallest absolute Gasteiger partial charge is 0.0177 e. The van der Waals surface area contributed by atoms with E-state index in [0.29, 0.717) is 6.54 Å². The van der Waals surface area contributed by atoms with Crippen molar-refractivity contribution in [3.63, 3.8) is 0 Å². The number of hydrogen-bond acceptors (Lipinski definition) is 1. The highest BCUT2D eigenvalue weighted by Gasteiger charge is 1.82. The molecule has 0 rings (SSSR count). The second kappa shape index (κ2) is 13.7. The van der Waals surface area contributed by atoms with Crippen LogP contribution in [0.1, 0.15) is 33.6 Å². The minimum Gasteiger partial charge on any atom is -0.326 e. The van der Waals surface area contributed by atoms with E-state index in [2.05, 4.69) is 33.4 Å². The Balaban J connectivity index is 0. The maximum atomic E-state index is 5.43. The zero-order valence-electron chi connectivity index (χ0n) is 9.22. The Bertz CT molecular complexity index is 155. The molecule has 0 radical (unpaired) electrons. The molecule has 0 aliphatic carbocycles. The molecule has 0 unspecified atom stereocenters. The molecule has 0 aromatic carbocycles. The fourth-order valence-corrected chi connectivity index (χ4v) is 0.612. The van der Waals surface area contributed by atoms with E-state index in [9.17, 15) is 0 Å². The van der Waals surface area contributed by atoms with Crippen LogP contribution in [-0.2, 0) is 0 Å². The second-order valence-corrected chi connectivity index (χ2v) is 2.70. The highest BCUT2D eigenvalue weighted by molar-refractivity contribution is 5.23. The van der Waals surface area contributed by atoms with Crippen molar-refractivity contribution in [1.82, 2.24) is 0 Å². The summed E-state index contributed by atoms with van der Waals surface area (Å²) in [5, 5.41) is 0. The second-order valence-electron chi connectivity index (χ2n) is 2.70. The largest absolute Gasteiger partial charge is 0.326 e. The van der Waals surface area contributed by atoms with Crippen molar-refractivity contribution >= 4 is 0 Å². The third-order valence-corrected chi connectivity index (χ3v) is 1.14. The van der Waals surface area contributed by atoms with Gasteiger partial charge in [-0.25, -0.2) is 0 Å². The van der Waals surface area contributed by atoms with Gasteiger partial charge in [0.1, 0.15) is 0 Å². The molecule has 0 aliphatic heterocycles. The zero-order chi connectivity index (χ0) is 10.5. The molecule has 0 bridgehead atoms. The monoisotopic (exact) mass is 181 g/mol. The summed E-state index contributed by atoms with van der Waals surface area (Å²) >= 11 is 0. The predicted molar refractivity (Wildman–Crippen MR) is 62.7 cm³/mol. The van der Waals surface area contributed by atoms with E-state index in [4.69, 9.17) is 5.73 Å². The van der Waals surface area contributed by atoms with Gasteiger partial charge in [0.15, 0.2) is 0 Å². The van der Waals surface area contributed by atoms with Crippen LogP contribution >= 0.6 is 0 Å². The lowest BCUT2D eigenvalue weighted by atomic mass is 10.2. The molecule has 1 nitrogen and oxygen atoms in total. The van der Waals surface area contributed by atoms with Gasteiger partial charge in [0, 0.05) is 6.54 Å². The van der Waals surface area contributed by atoms with E-state index in [0.717, 1.165) is 12.0 Å². The number of nitrogens with two attached hydrogens (primary N) is 1. The fraction of sp³-hybridized carbons (Fsp3) is 0.500. The van der Waals surface area contributed by atoms with Gasteiger partial charge in [-0.3, -0.25) is 0 Å². The molecule has 0 heterocycles. The first-order valence-electron chi connectivity index (χ1n) is 4.94. The first-order chi connectivity index (χ1) is 6.26. The van der Waals surface area contributed by atoms with Crippen LogP contribution in [-0.4, -0.2) is 6.54 Å². The minimum atomic E-state index is 0.586. The fourth-order valence-electron chi connectivity index (χ4n) is 0.612. The quantitative estimate of drug-likeness (QED) is 0.661. The summed E-state index contributed by atoms with van der Waals surface area (Å²) in [7, 11) is 0. The molecule has 0 amide bonds. The normalized spacial score (nSPS) is 10.9. The average Bonchev–Trinajstić information content (AvgIpc) is 2.13. The highest BCUT2D eigenvalue weighted by Crippen LogP contribution is 1.95. The molecule has 0 aromatic heterocycles. The maximum Gasteiger partial charge on any atom is 0.0177 e. The van der Waals surface area contributed by atoms with Crippen LogP contribution in [0, 0.1) is 0 Å². The summed E-state index contributed by atoms with van der Waals surface area (Å²) in [5.41, 5.74) is 6.55. The standard InChI is InChI=1S/C9H15N.C3H8/c1-3-5-7-9(8-10)6-4-2;1-3-2/h4-7H,2-3,8,10H2,1H3;3H2,1-2H3/b7-5-,9-6+;. The number of allylic oxidation sites excluding steroid dienone is 3. The van der Waals surface area contributed by atoms with Gasteiger partial charge in [-0.1, -0.05) is 58.1 Å². The van der Waals surface area contributed by atoms with Gasteiger partial charge in [0.2, 0.25) is 0 Å². The number of hydrogen-bond donors (Lipinski definition) is 1. The van der Waals surface area contributed by atoms with Crippen LogP contribution < -0.4 is 5.73 Å². The SMILES string of the molecule is C=C/C=C(\C=C/CC)CN.CCC. The van der Waals surface area contributed by atoms with Crippen molar-refractivity contribution < 1.29 is 0 Å². The Kier molecular flexibility index (Phi) is 15.5. The summed E-state index contributed by atoms with van der Waals surface area (Å²) in [6.45, 7) is 10.5. The van der Waals surface area contributed by atoms with Crippen LogP contribution in [0.3, 0.4) is 0 Å². The van der Waals surface area contributed by atoms with Crippen LogP contribution in [0.5, 0.6) is 0 Å². The molecule has 2 N–H and O–H groups in total. The van der Waals surface area contributed by atoms with Crippen LogP contribution in [0.4, 0.5) is 0 Å². The van der Waals surface area contributed by atoms with Gasteiger partial charge >= 0.3 is 0 Å². The third-order valence-electron chi connectivity index (χ3n) is 1.14. The number of rotatable bonds is 4. The van der Waals surface area contributed by atoms with Gasteiger partial charge in [-0.05, 0) is 12.0 Å². The van der Waals surface area contributed by atoms with E-state index in [1.54, 1.807) is 6.08 Å². The Hall–Kier alpha value is -0.820. The average molecular weight is 181 g/mol. The molecule has 0 saturated heterocycles. The minimum absolute atomic E-state index is 0.586. The van der Waals surface area contributed by atoms with Gasteiger partial charge < -0.3 is 5.73 Å². The molecule has 0 aliphatic rings. The maximum absolute atomic E-state index is 5.43. The van der Waals surface area contributed by atoms with Crippen LogP contribution in [0.25, 0.3) is 0 Å². The molecular weight excluding hydrogens is 158 g/mol. The summed E-state index contributed by atoms with van der Waals surface area (Å²) < 4.78 is 0. The summed E-state index contributed by atoms with van der Waals surface area (Å²) in [4.78, 5) is 0. The van der Waals surface area contributed by atoms with E-state index in [-0.39, 0.29) is 0 Å². The van der Waals surface area contributed by atoms with Crippen molar-refractivity contribution in [3.05, 3.63) is 36.5 Å². The highest BCUT2D eigenvalue weighted by atomic mass is 14.5. The van der Waals surface area contributed by atoms with Crippen LogP contribution in [0.2, 0.25) is 0 Å². The van der Waals surface area contributed by atoms with Gasteiger partial charge in [0.25, 0.3) is 0 Å². The van der Waals surface area contributed by atoms with E-state index < -0.39 is 0 Å². The topological polar surface area (TPSA) is 26.0 Å². The lowest BCUT2D eigenvalue weighted by Crippen LogP contribution is -2.00. The Morgan fingerprint density at radius 3 is 2.15 bits per heavy atom. The van der Waals surface area contributed by atoms with Crippen LogP contribution in [0.15, 0.2) is 36.5 Å². The van der Waals surface area contributed by atoms with E-state index in [1.807, 2.05) is 12.2 Å². The first-order valence-corrected chi connectivity index (χ1v) is 4.94. The summed E-state index contributed by atoms with van der Waals surface area (Å²) in [6, 6.07) is 0. The molecule has 0 fully saturated rings. The van der Waals surface area contributed by atoms with Gasteiger partial charge in [-0.15, -0.1) is 0 Å². The lowest BCUT2D eigenvalue weighted by molar-refractivity contribution is 1.09. The van der Waals surface area contributed by atoms with Crippen molar-refractivity contribution in [2.24, 2.45) is 5.73 Å². The predicted octanol–water partition coefficient (Wildman–Crippen LogP) is 3.44. The molecule has 1 heteroatoms. The van der Waals surface area contributed by atoms with Crippen molar-refractivity contribution in [2.75, 3.05) is 6.54 Å². The first kappa shape index (κ1) is 14.7. The molecule has 0 aromatic rings. The van der Waals surface area contributed by atoms with Crippen molar-refractivity contribution in [3.8, 4) is 0 Å². The molecule has 76 valence electrons.